The second-order valence-corrected chi connectivity index (χ2v) is 4.05. The van der Waals surface area contributed by atoms with Gasteiger partial charge in [0.25, 0.3) is 0 Å². The van der Waals surface area contributed by atoms with E-state index < -0.39 is 0 Å². The molecular weight excluding hydrogens is 234 g/mol. The van der Waals surface area contributed by atoms with E-state index in [-0.39, 0.29) is 24.7 Å². The van der Waals surface area contributed by atoms with Crippen molar-refractivity contribution in [1.29, 1.82) is 0 Å². The van der Waals surface area contributed by atoms with Crippen molar-refractivity contribution in [2.75, 3.05) is 26.8 Å². The van der Waals surface area contributed by atoms with Gasteiger partial charge in [-0.3, -0.25) is 9.59 Å². The molecule has 5 heteroatoms. The third kappa shape index (κ3) is 3.00. The average molecular weight is 249 g/mol. The number of methoxy groups -OCH3 is 1. The van der Waals surface area contributed by atoms with Gasteiger partial charge in [-0.1, -0.05) is 0 Å². The van der Waals surface area contributed by atoms with Crippen LogP contribution in [0.2, 0.25) is 0 Å². The van der Waals surface area contributed by atoms with E-state index in [1.165, 1.54) is 4.90 Å². The summed E-state index contributed by atoms with van der Waals surface area (Å²) in [5.41, 5.74) is 0. The summed E-state index contributed by atoms with van der Waals surface area (Å²) in [5.74, 6) is 1.35. The van der Waals surface area contributed by atoms with Crippen LogP contribution in [0.25, 0.3) is 0 Å². The lowest BCUT2D eigenvalue weighted by molar-refractivity contribution is -0.128. The molecule has 0 aromatic heterocycles. The molecule has 1 aliphatic rings. The summed E-state index contributed by atoms with van der Waals surface area (Å²) in [6.45, 7) is 1.03. The second-order valence-electron chi connectivity index (χ2n) is 4.05. The first-order valence-corrected chi connectivity index (χ1v) is 5.75. The summed E-state index contributed by atoms with van der Waals surface area (Å²) in [4.78, 5) is 23.9. The normalized spacial score (nSPS) is 15.1. The number of rotatable bonds is 5. The van der Waals surface area contributed by atoms with Crippen LogP contribution in [0.4, 0.5) is 0 Å². The van der Waals surface area contributed by atoms with Crippen LogP contribution >= 0.6 is 0 Å². The second kappa shape index (κ2) is 5.53. The number of hydrogen-bond donors (Lipinski definition) is 0. The van der Waals surface area contributed by atoms with Crippen molar-refractivity contribution in [3.8, 4) is 11.5 Å². The minimum atomic E-state index is -0.113. The lowest BCUT2D eigenvalue weighted by Crippen LogP contribution is -2.29. The number of carbonyl (C=O) groups excluding carboxylic acids is 2. The van der Waals surface area contributed by atoms with E-state index in [0.717, 1.165) is 5.75 Å². The Balaban J connectivity index is 1.78. The molecule has 0 aliphatic carbocycles. The van der Waals surface area contributed by atoms with Crippen LogP contribution in [0.15, 0.2) is 24.3 Å². The minimum Gasteiger partial charge on any atom is -0.497 e. The first kappa shape index (κ1) is 12.4. The highest BCUT2D eigenvalue weighted by atomic mass is 16.5. The van der Waals surface area contributed by atoms with E-state index in [1.54, 1.807) is 31.4 Å². The number of Topliss-reactive ketones (excluding diaryl/α,β-unsaturated/α-hetero) is 1. The fourth-order valence-electron chi connectivity index (χ4n) is 1.79. The number of hydrogen-bond acceptors (Lipinski definition) is 4. The van der Waals surface area contributed by atoms with E-state index in [9.17, 15) is 9.59 Å². The number of benzene rings is 1. The van der Waals surface area contributed by atoms with Gasteiger partial charge < -0.3 is 14.4 Å². The highest BCUT2D eigenvalue weighted by Crippen LogP contribution is 2.17. The predicted octanol–water partition coefficient (Wildman–Crippen LogP) is 0.875. The Morgan fingerprint density at radius 3 is 2.39 bits per heavy atom. The summed E-state index contributed by atoms with van der Waals surface area (Å²) in [5, 5.41) is 0. The largest absolute Gasteiger partial charge is 0.497 e. The molecule has 1 saturated heterocycles. The molecule has 0 N–H and O–H groups in total. The van der Waals surface area contributed by atoms with Crippen molar-refractivity contribution in [2.45, 2.75) is 6.42 Å². The van der Waals surface area contributed by atoms with Crippen LogP contribution in [0.5, 0.6) is 11.5 Å². The molecule has 5 nitrogen and oxygen atoms in total. The van der Waals surface area contributed by atoms with Gasteiger partial charge in [-0.2, -0.15) is 0 Å². The molecule has 0 atom stereocenters. The monoisotopic (exact) mass is 249 g/mol. The summed E-state index contributed by atoms with van der Waals surface area (Å²) < 4.78 is 10.5. The maximum Gasteiger partial charge on any atom is 0.230 e. The third-order valence-electron chi connectivity index (χ3n) is 2.76. The van der Waals surface area contributed by atoms with E-state index in [2.05, 4.69) is 0 Å². The molecule has 1 heterocycles. The highest BCUT2D eigenvalue weighted by Gasteiger charge is 2.26. The Bertz CT molecular complexity index is 441. The average Bonchev–Trinajstić information content (AvgIpc) is 2.69. The van der Waals surface area contributed by atoms with Crippen LogP contribution in [0.3, 0.4) is 0 Å². The lowest BCUT2D eigenvalue weighted by atomic mass is 10.3. The third-order valence-corrected chi connectivity index (χ3v) is 2.76. The van der Waals surface area contributed by atoms with E-state index in [0.29, 0.717) is 18.9 Å². The Hall–Kier alpha value is -2.04. The Kier molecular flexibility index (Phi) is 3.82. The quantitative estimate of drug-likeness (QED) is 0.727. The SMILES string of the molecule is COc1ccc(OCCN2CC(=O)CC2=O)cc1. The molecule has 1 fully saturated rings. The number of amides is 1. The van der Waals surface area contributed by atoms with Crippen LogP contribution in [-0.4, -0.2) is 43.4 Å². The highest BCUT2D eigenvalue weighted by molar-refractivity contribution is 6.05. The molecule has 0 unspecified atom stereocenters. The fourth-order valence-corrected chi connectivity index (χ4v) is 1.79. The van der Waals surface area contributed by atoms with Crippen molar-refractivity contribution in [2.24, 2.45) is 0 Å². The number of ketones is 1. The molecule has 1 aromatic carbocycles. The van der Waals surface area contributed by atoms with Crippen LogP contribution < -0.4 is 9.47 Å². The number of likely N-dealkylation sites (tertiary alicyclic amines) is 1. The van der Waals surface area contributed by atoms with Crippen LogP contribution in [0.1, 0.15) is 6.42 Å². The summed E-state index contributed by atoms with van der Waals surface area (Å²) in [6, 6.07) is 7.21. The van der Waals surface area contributed by atoms with Gasteiger partial charge in [-0.05, 0) is 24.3 Å². The Morgan fingerprint density at radius 1 is 1.17 bits per heavy atom. The van der Waals surface area contributed by atoms with Gasteiger partial charge in [-0.15, -0.1) is 0 Å². The summed E-state index contributed by atoms with van der Waals surface area (Å²) >= 11 is 0. The molecule has 96 valence electrons. The molecule has 0 radical (unpaired) electrons. The molecule has 0 saturated carbocycles. The standard InChI is InChI=1S/C13H15NO4/c1-17-11-2-4-12(5-3-11)18-7-6-14-9-10(15)8-13(14)16/h2-5H,6-9H2,1H3. The van der Waals surface area contributed by atoms with Crippen molar-refractivity contribution >= 4 is 11.7 Å². The zero-order valence-electron chi connectivity index (χ0n) is 10.2. The fraction of sp³-hybridized carbons (Fsp3) is 0.385. The maximum absolute atomic E-state index is 11.3. The number of ether oxygens (including phenoxy) is 2. The topological polar surface area (TPSA) is 55.8 Å². The van der Waals surface area contributed by atoms with E-state index in [1.807, 2.05) is 0 Å². The van der Waals surface area contributed by atoms with Gasteiger partial charge in [0.15, 0.2) is 5.78 Å². The first-order chi connectivity index (χ1) is 8.69. The lowest BCUT2D eigenvalue weighted by Gasteiger charge is -2.14. The predicted molar refractivity (Wildman–Crippen MR) is 64.7 cm³/mol. The number of carbonyl (C=O) groups is 2. The molecule has 1 aromatic rings. The molecule has 1 aliphatic heterocycles. The maximum atomic E-state index is 11.3. The van der Waals surface area contributed by atoms with E-state index in [4.69, 9.17) is 9.47 Å². The molecule has 0 spiro atoms. The number of nitrogens with zero attached hydrogens (tertiary/aromatic N) is 1. The Morgan fingerprint density at radius 2 is 1.83 bits per heavy atom. The van der Waals surface area contributed by atoms with Gasteiger partial charge in [0, 0.05) is 0 Å². The van der Waals surface area contributed by atoms with Crippen LogP contribution in [0, 0.1) is 0 Å². The smallest absolute Gasteiger partial charge is 0.230 e. The molecule has 0 bridgehead atoms. The molecule has 18 heavy (non-hydrogen) atoms. The van der Waals surface area contributed by atoms with Crippen molar-refractivity contribution < 1.29 is 19.1 Å². The first-order valence-electron chi connectivity index (χ1n) is 5.75. The van der Waals surface area contributed by atoms with Gasteiger partial charge in [0.1, 0.15) is 18.1 Å². The minimum absolute atomic E-state index is 0.0237. The summed E-state index contributed by atoms with van der Waals surface area (Å²) in [7, 11) is 1.60. The zero-order chi connectivity index (χ0) is 13.0. The molecular formula is C13H15NO4. The van der Waals surface area contributed by atoms with Crippen LogP contribution in [-0.2, 0) is 9.59 Å². The molecule has 2 rings (SSSR count). The molecule has 1 amide bonds. The van der Waals surface area contributed by atoms with Gasteiger partial charge in [0.2, 0.25) is 5.91 Å². The van der Waals surface area contributed by atoms with Crippen molar-refractivity contribution in [1.82, 2.24) is 4.90 Å². The van der Waals surface area contributed by atoms with Gasteiger partial charge >= 0.3 is 0 Å². The van der Waals surface area contributed by atoms with Gasteiger partial charge in [0.05, 0.1) is 26.6 Å². The van der Waals surface area contributed by atoms with Gasteiger partial charge in [-0.25, -0.2) is 0 Å². The Labute approximate surface area is 105 Å². The van der Waals surface area contributed by atoms with Crippen molar-refractivity contribution in [3.63, 3.8) is 0 Å². The van der Waals surface area contributed by atoms with Crippen molar-refractivity contribution in [3.05, 3.63) is 24.3 Å². The summed E-state index contributed by atoms with van der Waals surface area (Å²) in [6.07, 6.45) is 0.0303. The zero-order valence-corrected chi connectivity index (χ0v) is 10.2. The van der Waals surface area contributed by atoms with E-state index >= 15 is 0 Å².